The van der Waals surface area contributed by atoms with Gasteiger partial charge in [0.05, 0.1) is 6.20 Å². The fourth-order valence-corrected chi connectivity index (χ4v) is 1.87. The van der Waals surface area contributed by atoms with Gasteiger partial charge in [-0.15, -0.1) is 0 Å². The number of hydrogen-bond acceptors (Lipinski definition) is 2. The van der Waals surface area contributed by atoms with Crippen molar-refractivity contribution in [1.82, 2.24) is 9.97 Å². The molecule has 0 unspecified atom stereocenters. The lowest BCUT2D eigenvalue weighted by atomic mass is 10.2. The normalized spacial score (nSPS) is 11.3. The van der Waals surface area contributed by atoms with Crippen LogP contribution in [0.5, 0.6) is 0 Å². The number of rotatable bonds is 0. The molecule has 0 saturated carbocycles. The summed E-state index contributed by atoms with van der Waals surface area (Å²) in [5.41, 5.74) is 9.79. The molecular formula is C11H11N4+. The molecule has 3 aromatic rings. The van der Waals surface area contributed by atoms with Gasteiger partial charge in [0.15, 0.2) is 5.52 Å². The van der Waals surface area contributed by atoms with E-state index in [-0.39, 0.29) is 0 Å². The van der Waals surface area contributed by atoms with Crippen LogP contribution in [0.15, 0.2) is 30.5 Å². The highest BCUT2D eigenvalue weighted by molar-refractivity contribution is 5.76. The van der Waals surface area contributed by atoms with Crippen LogP contribution in [0.2, 0.25) is 0 Å². The lowest BCUT2D eigenvalue weighted by Crippen LogP contribution is -2.19. The van der Waals surface area contributed by atoms with Crippen LogP contribution < -0.4 is 10.1 Å². The van der Waals surface area contributed by atoms with Crippen LogP contribution in [-0.2, 0) is 0 Å². The summed E-state index contributed by atoms with van der Waals surface area (Å²) in [6.45, 7) is 2.02. The molecule has 3 rings (SSSR count). The Balaban J connectivity index is 2.61. The molecule has 0 atom stereocenters. The molecule has 3 heterocycles. The van der Waals surface area contributed by atoms with Crippen molar-refractivity contribution in [3.05, 3.63) is 36.0 Å². The molecule has 0 aliphatic rings. The number of anilines is 1. The minimum atomic E-state index is 0.553. The minimum Gasteiger partial charge on any atom is -0.370 e. The molecule has 0 fully saturated rings. The largest absolute Gasteiger partial charge is 0.370 e. The molecule has 0 saturated heterocycles. The zero-order valence-corrected chi connectivity index (χ0v) is 8.36. The fraction of sp³-hybridized carbons (Fsp3) is 0.0909. The van der Waals surface area contributed by atoms with Gasteiger partial charge in [0.1, 0.15) is 0 Å². The number of aromatic nitrogens is 3. The van der Waals surface area contributed by atoms with Gasteiger partial charge in [0.25, 0.3) is 0 Å². The van der Waals surface area contributed by atoms with Crippen LogP contribution in [0.4, 0.5) is 5.82 Å². The highest BCUT2D eigenvalue weighted by Gasteiger charge is 2.14. The monoisotopic (exact) mass is 199 g/mol. The number of imidazole rings is 1. The molecule has 3 N–H and O–H groups in total. The Kier molecular flexibility index (Phi) is 1.48. The standard InChI is InChI=1S/C11H10N4/c1-7-6-8(12)13-11-10(7)14-9-4-2-3-5-15(9)11/h2-6H,1H3,(H2,12,13)/p+1. The Morgan fingerprint density at radius 1 is 1.40 bits per heavy atom. The van der Waals surface area contributed by atoms with Gasteiger partial charge < -0.3 is 5.73 Å². The molecule has 0 aliphatic carbocycles. The molecular weight excluding hydrogens is 188 g/mol. The average molecular weight is 199 g/mol. The fourth-order valence-electron chi connectivity index (χ4n) is 1.87. The third-order valence-corrected chi connectivity index (χ3v) is 2.56. The summed E-state index contributed by atoms with van der Waals surface area (Å²) < 4.78 is 2.00. The predicted octanol–water partition coefficient (Wildman–Crippen LogP) is 1.19. The zero-order chi connectivity index (χ0) is 10.4. The maximum absolute atomic E-state index is 5.74. The van der Waals surface area contributed by atoms with Gasteiger partial charge in [-0.1, -0.05) is 11.1 Å². The molecule has 0 radical (unpaired) electrons. The van der Waals surface area contributed by atoms with E-state index in [4.69, 9.17) is 5.73 Å². The first-order valence-electron chi connectivity index (χ1n) is 4.81. The number of nitrogens with one attached hydrogen (secondary N) is 1. The second-order valence-electron chi connectivity index (χ2n) is 3.64. The molecule has 0 amide bonds. The maximum Gasteiger partial charge on any atom is 0.309 e. The highest BCUT2D eigenvalue weighted by Crippen LogP contribution is 2.15. The summed E-state index contributed by atoms with van der Waals surface area (Å²) in [6, 6.07) is 7.85. The lowest BCUT2D eigenvalue weighted by Gasteiger charge is -1.90. The van der Waals surface area contributed by atoms with Crippen LogP contribution >= 0.6 is 0 Å². The third-order valence-electron chi connectivity index (χ3n) is 2.56. The van der Waals surface area contributed by atoms with E-state index in [0.717, 1.165) is 22.4 Å². The topological polar surface area (TPSA) is 58.8 Å². The second kappa shape index (κ2) is 2.70. The van der Waals surface area contributed by atoms with Crippen LogP contribution in [0, 0.1) is 6.92 Å². The van der Waals surface area contributed by atoms with Crippen molar-refractivity contribution >= 4 is 22.6 Å². The van der Waals surface area contributed by atoms with Gasteiger partial charge in [-0.05, 0) is 18.6 Å². The van der Waals surface area contributed by atoms with E-state index in [0.29, 0.717) is 5.82 Å². The molecule has 0 aliphatic heterocycles. The number of hydrogen-bond donors (Lipinski definition) is 2. The summed E-state index contributed by atoms with van der Waals surface area (Å²) in [5.74, 6) is 0.553. The van der Waals surface area contributed by atoms with Gasteiger partial charge >= 0.3 is 5.65 Å². The molecule has 0 spiro atoms. The van der Waals surface area contributed by atoms with E-state index in [1.54, 1.807) is 0 Å². The highest BCUT2D eigenvalue weighted by atomic mass is 15.1. The number of H-pyrrole nitrogens is 1. The summed E-state index contributed by atoms with van der Waals surface area (Å²) in [4.78, 5) is 7.65. The van der Waals surface area contributed by atoms with Crippen LogP contribution in [-0.4, -0.2) is 9.97 Å². The number of aromatic amines is 1. The molecule has 4 nitrogen and oxygen atoms in total. The molecule has 0 bridgehead atoms. The van der Waals surface area contributed by atoms with E-state index >= 15 is 0 Å². The van der Waals surface area contributed by atoms with Crippen LogP contribution in [0.25, 0.3) is 16.8 Å². The van der Waals surface area contributed by atoms with Gasteiger partial charge in [-0.3, -0.25) is 4.98 Å². The molecule has 3 aromatic heterocycles. The molecule has 4 heteroatoms. The third kappa shape index (κ3) is 1.08. The zero-order valence-electron chi connectivity index (χ0n) is 8.36. The Morgan fingerprint density at radius 2 is 2.27 bits per heavy atom. The van der Waals surface area contributed by atoms with Crippen molar-refractivity contribution < 1.29 is 4.40 Å². The first-order valence-corrected chi connectivity index (χ1v) is 4.81. The first kappa shape index (κ1) is 8.23. The van der Waals surface area contributed by atoms with Crippen molar-refractivity contribution in [3.8, 4) is 0 Å². The van der Waals surface area contributed by atoms with E-state index in [1.807, 2.05) is 41.8 Å². The number of pyridine rings is 2. The number of aryl methyl sites for hydroxylation is 1. The van der Waals surface area contributed by atoms with Gasteiger partial charge in [0.2, 0.25) is 11.5 Å². The van der Waals surface area contributed by atoms with Crippen molar-refractivity contribution in [2.75, 3.05) is 5.73 Å². The quantitative estimate of drug-likeness (QED) is 0.534. The van der Waals surface area contributed by atoms with E-state index < -0.39 is 0 Å². The summed E-state index contributed by atoms with van der Waals surface area (Å²) in [7, 11) is 0. The lowest BCUT2D eigenvalue weighted by molar-refractivity contribution is -0.483. The Hall–Kier alpha value is -2.10. The minimum absolute atomic E-state index is 0.553. The number of nitrogens with two attached hydrogens (primary N) is 1. The van der Waals surface area contributed by atoms with Crippen LogP contribution in [0.3, 0.4) is 0 Å². The smallest absolute Gasteiger partial charge is 0.309 e. The summed E-state index contributed by atoms with van der Waals surface area (Å²) in [5, 5.41) is 0. The average Bonchev–Trinajstić information content (AvgIpc) is 2.57. The Labute approximate surface area is 86.4 Å². The first-order chi connectivity index (χ1) is 7.25. The van der Waals surface area contributed by atoms with Crippen molar-refractivity contribution in [2.45, 2.75) is 6.92 Å². The van der Waals surface area contributed by atoms with Gasteiger partial charge in [0, 0.05) is 12.1 Å². The summed E-state index contributed by atoms with van der Waals surface area (Å²) >= 11 is 0. The Bertz CT molecular complexity index is 654. The second-order valence-corrected chi connectivity index (χ2v) is 3.64. The van der Waals surface area contributed by atoms with Crippen LogP contribution in [0.1, 0.15) is 5.56 Å². The SMILES string of the molecule is Cc1cc(N)nc2c1[nH]c1cccc[n+]12. The van der Waals surface area contributed by atoms with Crippen molar-refractivity contribution in [2.24, 2.45) is 0 Å². The van der Waals surface area contributed by atoms with E-state index in [2.05, 4.69) is 9.97 Å². The maximum atomic E-state index is 5.74. The van der Waals surface area contributed by atoms with E-state index in [1.165, 1.54) is 0 Å². The number of fused-ring (bicyclic) bond motifs is 3. The summed E-state index contributed by atoms with van der Waals surface area (Å²) in [6.07, 6.45) is 1.97. The number of nitrogen functional groups attached to an aromatic ring is 1. The van der Waals surface area contributed by atoms with Gasteiger partial charge in [-0.2, -0.15) is 4.40 Å². The Morgan fingerprint density at radius 3 is 3.13 bits per heavy atom. The van der Waals surface area contributed by atoms with Gasteiger partial charge in [-0.25, -0.2) is 0 Å². The molecule has 15 heavy (non-hydrogen) atoms. The molecule has 0 aromatic carbocycles. The van der Waals surface area contributed by atoms with E-state index in [9.17, 15) is 0 Å². The molecule has 74 valence electrons. The number of nitrogens with zero attached hydrogens (tertiary/aromatic N) is 2. The van der Waals surface area contributed by atoms with Crippen molar-refractivity contribution in [1.29, 1.82) is 0 Å². The predicted molar refractivity (Wildman–Crippen MR) is 58.4 cm³/mol. The van der Waals surface area contributed by atoms with Crippen molar-refractivity contribution in [3.63, 3.8) is 0 Å².